The van der Waals surface area contributed by atoms with Crippen LogP contribution < -0.4 is 4.72 Å². The minimum absolute atomic E-state index is 0.187. The van der Waals surface area contributed by atoms with Gasteiger partial charge in [-0.25, -0.2) is 21.9 Å². The second-order valence-electron chi connectivity index (χ2n) is 4.52. The molecule has 1 rings (SSSR count). The van der Waals surface area contributed by atoms with Crippen LogP contribution in [0.3, 0.4) is 0 Å². The van der Waals surface area contributed by atoms with E-state index in [0.717, 1.165) is 0 Å². The van der Waals surface area contributed by atoms with E-state index in [-0.39, 0.29) is 25.8 Å². The fraction of sp³-hybridized carbons (Fsp3) is 0.900. The molecule has 0 heterocycles. The summed E-state index contributed by atoms with van der Waals surface area (Å²) < 4.78 is 52.0. The van der Waals surface area contributed by atoms with Crippen molar-refractivity contribution >= 4 is 16.0 Å². The lowest BCUT2D eigenvalue weighted by molar-refractivity contribution is -0.136. The van der Waals surface area contributed by atoms with E-state index < -0.39 is 33.6 Å². The van der Waals surface area contributed by atoms with Crippen LogP contribution in [-0.2, 0) is 14.8 Å². The van der Waals surface area contributed by atoms with Gasteiger partial charge in [-0.15, -0.1) is 0 Å². The van der Waals surface area contributed by atoms with Crippen LogP contribution >= 0.6 is 0 Å². The summed E-state index contributed by atoms with van der Waals surface area (Å²) in [6.45, 7) is -0.268. The van der Waals surface area contributed by atoms with Gasteiger partial charge in [0.15, 0.2) is 0 Å². The Morgan fingerprint density at radius 1 is 1.39 bits per heavy atom. The Morgan fingerprint density at radius 3 is 2.61 bits per heavy atom. The van der Waals surface area contributed by atoms with Crippen molar-refractivity contribution in [3.8, 4) is 0 Å². The van der Waals surface area contributed by atoms with Crippen molar-refractivity contribution in [3.05, 3.63) is 0 Å². The molecule has 106 valence electrons. The summed E-state index contributed by atoms with van der Waals surface area (Å²) >= 11 is 0. The van der Waals surface area contributed by atoms with Crippen molar-refractivity contribution in [1.82, 2.24) is 4.72 Å². The highest BCUT2D eigenvalue weighted by Crippen LogP contribution is 2.38. The molecule has 0 aliphatic heterocycles. The molecule has 0 saturated heterocycles. The highest BCUT2D eigenvalue weighted by molar-refractivity contribution is 7.89. The van der Waals surface area contributed by atoms with Gasteiger partial charge in [0.1, 0.15) is 0 Å². The summed E-state index contributed by atoms with van der Waals surface area (Å²) in [5.74, 6) is -5.89. The molecule has 1 saturated carbocycles. The summed E-state index contributed by atoms with van der Waals surface area (Å²) in [5.41, 5.74) is 0. The van der Waals surface area contributed by atoms with E-state index in [1.807, 2.05) is 4.72 Å². The Morgan fingerprint density at radius 2 is 2.06 bits per heavy atom. The van der Waals surface area contributed by atoms with Gasteiger partial charge in [-0.2, -0.15) is 0 Å². The number of carboxylic acids is 1. The first-order valence-electron chi connectivity index (χ1n) is 5.80. The van der Waals surface area contributed by atoms with Gasteiger partial charge >= 0.3 is 5.97 Å². The van der Waals surface area contributed by atoms with Gasteiger partial charge in [0.05, 0.1) is 12.2 Å². The number of carboxylic acid groups (broad SMARTS) is 1. The number of hydrogen-bond donors (Lipinski definition) is 2. The molecule has 0 spiro atoms. The van der Waals surface area contributed by atoms with E-state index in [1.165, 1.54) is 0 Å². The number of nitrogens with one attached hydrogen (secondary N) is 1. The number of aliphatic carboxylic acids is 1. The van der Waals surface area contributed by atoms with Crippen LogP contribution in [0.4, 0.5) is 8.78 Å². The van der Waals surface area contributed by atoms with Crippen LogP contribution in [0.15, 0.2) is 0 Å². The average Bonchev–Trinajstić information content (AvgIpc) is 2.20. The van der Waals surface area contributed by atoms with Crippen LogP contribution in [0.25, 0.3) is 0 Å². The molecule has 0 amide bonds. The first kappa shape index (κ1) is 15.3. The highest BCUT2D eigenvalue weighted by atomic mass is 32.2. The third-order valence-corrected chi connectivity index (χ3v) is 4.48. The summed E-state index contributed by atoms with van der Waals surface area (Å²) in [7, 11) is -3.84. The van der Waals surface area contributed by atoms with Crippen molar-refractivity contribution < 1.29 is 27.1 Å². The normalized spacial score (nSPS) is 23.8. The summed E-state index contributed by atoms with van der Waals surface area (Å²) in [5, 5.41) is 8.36. The van der Waals surface area contributed by atoms with Gasteiger partial charge in [-0.1, -0.05) is 6.42 Å². The van der Waals surface area contributed by atoms with Crippen molar-refractivity contribution in [3.63, 3.8) is 0 Å². The molecule has 1 unspecified atom stereocenters. The lowest BCUT2D eigenvalue weighted by Crippen LogP contribution is -2.40. The molecule has 1 aliphatic carbocycles. The number of hydrogen-bond acceptors (Lipinski definition) is 3. The summed E-state index contributed by atoms with van der Waals surface area (Å²) in [6.07, 6.45) is 0.566. The zero-order valence-corrected chi connectivity index (χ0v) is 10.7. The zero-order chi connectivity index (χ0) is 13.8. The molecule has 1 aliphatic rings. The van der Waals surface area contributed by atoms with Crippen LogP contribution in [0.5, 0.6) is 0 Å². The predicted octanol–water partition coefficient (Wildman–Crippen LogP) is 1.21. The van der Waals surface area contributed by atoms with Gasteiger partial charge in [0.2, 0.25) is 10.0 Å². The number of alkyl halides is 2. The number of rotatable bonds is 6. The van der Waals surface area contributed by atoms with Gasteiger partial charge < -0.3 is 5.11 Å². The third-order valence-electron chi connectivity index (χ3n) is 2.99. The van der Waals surface area contributed by atoms with Gasteiger partial charge in [-0.05, 0) is 12.8 Å². The Bertz CT molecular complexity index is 397. The molecule has 0 aromatic carbocycles. The number of carbonyl (C=O) groups is 1. The molecule has 5 nitrogen and oxygen atoms in total. The van der Waals surface area contributed by atoms with E-state index in [1.54, 1.807) is 0 Å². The van der Waals surface area contributed by atoms with Crippen LogP contribution in [0.2, 0.25) is 0 Å². The van der Waals surface area contributed by atoms with Gasteiger partial charge in [-0.3, -0.25) is 4.79 Å². The maximum absolute atomic E-state index is 13.5. The van der Waals surface area contributed by atoms with Gasteiger partial charge in [0.25, 0.3) is 5.92 Å². The topological polar surface area (TPSA) is 83.5 Å². The van der Waals surface area contributed by atoms with E-state index >= 15 is 0 Å². The maximum Gasteiger partial charge on any atom is 0.304 e. The van der Waals surface area contributed by atoms with E-state index in [0.29, 0.717) is 12.8 Å². The standard InChI is InChI=1S/C10H17F2NO4S/c11-10(12)5-2-1-3-8(10)7-18(16,17)13-6-4-9(14)15/h8,13H,1-7H2,(H,14,15). The SMILES string of the molecule is O=C(O)CCNS(=O)(=O)CC1CCCCC1(F)F. The highest BCUT2D eigenvalue weighted by Gasteiger charge is 2.43. The smallest absolute Gasteiger partial charge is 0.304 e. The number of halogens is 2. The minimum atomic E-state index is -3.84. The molecule has 8 heteroatoms. The largest absolute Gasteiger partial charge is 0.481 e. The monoisotopic (exact) mass is 285 g/mol. The Kier molecular flexibility index (Phi) is 5.03. The van der Waals surface area contributed by atoms with Crippen molar-refractivity contribution in [2.75, 3.05) is 12.3 Å². The lowest BCUT2D eigenvalue weighted by atomic mass is 9.87. The molecule has 0 aromatic rings. The Balaban J connectivity index is 2.51. The first-order valence-corrected chi connectivity index (χ1v) is 7.45. The Labute approximate surface area is 105 Å². The lowest BCUT2D eigenvalue weighted by Gasteiger charge is -2.30. The molecule has 0 aromatic heterocycles. The fourth-order valence-corrected chi connectivity index (χ4v) is 3.48. The van der Waals surface area contributed by atoms with Crippen molar-refractivity contribution in [1.29, 1.82) is 0 Å². The maximum atomic E-state index is 13.5. The third kappa shape index (κ3) is 4.85. The second kappa shape index (κ2) is 5.92. The summed E-state index contributed by atoms with van der Waals surface area (Å²) in [6, 6.07) is 0. The van der Waals surface area contributed by atoms with E-state index in [2.05, 4.69) is 0 Å². The zero-order valence-electron chi connectivity index (χ0n) is 9.86. The van der Waals surface area contributed by atoms with Crippen molar-refractivity contribution in [2.24, 2.45) is 5.92 Å². The minimum Gasteiger partial charge on any atom is -0.481 e. The molecule has 1 atom stereocenters. The van der Waals surface area contributed by atoms with Crippen LogP contribution in [0, 0.1) is 5.92 Å². The summed E-state index contributed by atoms with van der Waals surface area (Å²) in [4.78, 5) is 10.2. The quantitative estimate of drug-likeness (QED) is 0.768. The number of sulfonamides is 1. The van der Waals surface area contributed by atoms with Crippen molar-refractivity contribution in [2.45, 2.75) is 38.0 Å². The first-order chi connectivity index (χ1) is 8.23. The molecule has 0 bridgehead atoms. The van der Waals surface area contributed by atoms with Gasteiger partial charge in [0, 0.05) is 18.9 Å². The molecule has 18 heavy (non-hydrogen) atoms. The fourth-order valence-electron chi connectivity index (χ4n) is 2.01. The molecule has 2 N–H and O–H groups in total. The van der Waals surface area contributed by atoms with E-state index in [9.17, 15) is 22.0 Å². The average molecular weight is 285 g/mol. The van der Waals surface area contributed by atoms with Crippen LogP contribution in [-0.4, -0.2) is 37.7 Å². The molecule has 0 radical (unpaired) electrons. The molecular weight excluding hydrogens is 268 g/mol. The molecule has 1 fully saturated rings. The second-order valence-corrected chi connectivity index (χ2v) is 6.37. The molecular formula is C10H17F2NO4S. The predicted molar refractivity (Wildman–Crippen MR) is 60.9 cm³/mol. The van der Waals surface area contributed by atoms with E-state index in [4.69, 9.17) is 5.11 Å². The van der Waals surface area contributed by atoms with Crippen LogP contribution in [0.1, 0.15) is 32.1 Å². The Hall–Kier alpha value is -0.760.